The van der Waals surface area contributed by atoms with E-state index in [9.17, 15) is 4.79 Å². The monoisotopic (exact) mass is 274 g/mol. The molecule has 20 heavy (non-hydrogen) atoms. The number of ether oxygens (including phenoxy) is 1. The molecule has 0 radical (unpaired) electrons. The molecule has 1 amide bonds. The molecule has 106 valence electrons. The van der Waals surface area contributed by atoms with Crippen LogP contribution in [0.3, 0.4) is 0 Å². The molecule has 6 nitrogen and oxygen atoms in total. The van der Waals surface area contributed by atoms with Gasteiger partial charge in [0.2, 0.25) is 5.91 Å². The molecule has 0 fully saturated rings. The highest BCUT2D eigenvalue weighted by Crippen LogP contribution is 2.12. The molecule has 0 atom stereocenters. The normalized spacial score (nSPS) is 10.2. The third kappa shape index (κ3) is 4.38. The molecular weight excluding hydrogens is 256 g/mol. The summed E-state index contributed by atoms with van der Waals surface area (Å²) in [5.74, 6) is 0.859. The third-order valence-electron chi connectivity index (χ3n) is 2.90. The Balaban J connectivity index is 1.66. The molecule has 0 spiro atoms. The van der Waals surface area contributed by atoms with E-state index in [0.29, 0.717) is 19.5 Å². The van der Waals surface area contributed by atoms with Gasteiger partial charge in [0.05, 0.1) is 26.0 Å². The second-order valence-electron chi connectivity index (χ2n) is 4.32. The Labute approximate surface area is 117 Å². The number of nitrogens with one attached hydrogen (secondary N) is 1. The number of rotatable bonds is 7. The number of methoxy groups -OCH3 is 1. The highest BCUT2D eigenvalue weighted by Gasteiger charge is 2.02. The molecule has 0 saturated carbocycles. The first-order valence-electron chi connectivity index (χ1n) is 6.51. The van der Waals surface area contributed by atoms with Crippen molar-refractivity contribution in [3.05, 3.63) is 42.2 Å². The van der Waals surface area contributed by atoms with E-state index in [2.05, 4.69) is 15.5 Å². The zero-order chi connectivity index (χ0) is 14.2. The van der Waals surface area contributed by atoms with E-state index in [-0.39, 0.29) is 5.91 Å². The van der Waals surface area contributed by atoms with Crippen LogP contribution in [0.2, 0.25) is 0 Å². The van der Waals surface area contributed by atoms with E-state index in [1.807, 2.05) is 24.3 Å². The van der Waals surface area contributed by atoms with Crippen molar-refractivity contribution < 1.29 is 9.53 Å². The molecule has 0 aliphatic rings. The zero-order valence-corrected chi connectivity index (χ0v) is 11.5. The minimum Gasteiger partial charge on any atom is -0.497 e. The van der Waals surface area contributed by atoms with E-state index in [1.54, 1.807) is 24.3 Å². The Morgan fingerprint density at radius 3 is 2.60 bits per heavy atom. The first kappa shape index (κ1) is 14.0. The summed E-state index contributed by atoms with van der Waals surface area (Å²) >= 11 is 0. The smallest absolute Gasteiger partial charge is 0.220 e. The fraction of sp³-hybridized carbons (Fsp3) is 0.357. The lowest BCUT2D eigenvalue weighted by atomic mass is 10.1. The van der Waals surface area contributed by atoms with Gasteiger partial charge < -0.3 is 10.1 Å². The fourth-order valence-electron chi connectivity index (χ4n) is 1.79. The van der Waals surface area contributed by atoms with Gasteiger partial charge in [0, 0.05) is 13.0 Å². The van der Waals surface area contributed by atoms with Crippen LogP contribution in [0.5, 0.6) is 5.75 Å². The van der Waals surface area contributed by atoms with Crippen molar-refractivity contribution in [2.45, 2.75) is 19.4 Å². The fourth-order valence-corrected chi connectivity index (χ4v) is 1.79. The van der Waals surface area contributed by atoms with Crippen molar-refractivity contribution in [3.63, 3.8) is 0 Å². The average Bonchev–Trinajstić information content (AvgIpc) is 2.99. The van der Waals surface area contributed by atoms with E-state index < -0.39 is 0 Å². The SMILES string of the molecule is COc1ccc(CCC(=O)NCCn2nccn2)cc1. The Morgan fingerprint density at radius 2 is 1.95 bits per heavy atom. The summed E-state index contributed by atoms with van der Waals surface area (Å²) in [7, 11) is 1.64. The van der Waals surface area contributed by atoms with Crippen molar-refractivity contribution in [2.75, 3.05) is 13.7 Å². The first-order chi connectivity index (χ1) is 9.78. The summed E-state index contributed by atoms with van der Waals surface area (Å²) < 4.78 is 5.09. The van der Waals surface area contributed by atoms with Crippen LogP contribution in [-0.2, 0) is 17.8 Å². The second-order valence-corrected chi connectivity index (χ2v) is 4.32. The van der Waals surface area contributed by atoms with Gasteiger partial charge in [0.15, 0.2) is 0 Å². The van der Waals surface area contributed by atoms with Gasteiger partial charge >= 0.3 is 0 Å². The molecule has 0 saturated heterocycles. The van der Waals surface area contributed by atoms with Gasteiger partial charge in [-0.3, -0.25) is 4.79 Å². The average molecular weight is 274 g/mol. The van der Waals surface area contributed by atoms with Gasteiger partial charge in [0.25, 0.3) is 0 Å². The van der Waals surface area contributed by atoms with Gasteiger partial charge in [-0.2, -0.15) is 15.0 Å². The van der Waals surface area contributed by atoms with Crippen molar-refractivity contribution >= 4 is 5.91 Å². The Morgan fingerprint density at radius 1 is 1.25 bits per heavy atom. The number of carbonyl (C=O) groups is 1. The molecule has 0 bridgehead atoms. The molecule has 1 aromatic heterocycles. The highest BCUT2D eigenvalue weighted by molar-refractivity contribution is 5.76. The van der Waals surface area contributed by atoms with Gasteiger partial charge in [-0.1, -0.05) is 12.1 Å². The van der Waals surface area contributed by atoms with Crippen LogP contribution in [0.4, 0.5) is 0 Å². The summed E-state index contributed by atoms with van der Waals surface area (Å²) in [6.45, 7) is 1.12. The summed E-state index contributed by atoms with van der Waals surface area (Å²) in [6.07, 6.45) is 4.42. The minimum atomic E-state index is 0.0352. The number of hydrogen-bond acceptors (Lipinski definition) is 4. The summed E-state index contributed by atoms with van der Waals surface area (Å²) in [5.41, 5.74) is 1.12. The van der Waals surface area contributed by atoms with Gasteiger partial charge in [-0.25, -0.2) is 0 Å². The zero-order valence-electron chi connectivity index (χ0n) is 11.5. The Hall–Kier alpha value is -2.37. The van der Waals surface area contributed by atoms with Crippen LogP contribution < -0.4 is 10.1 Å². The maximum atomic E-state index is 11.7. The molecule has 1 heterocycles. The standard InChI is InChI=1S/C14H18N4O2/c1-20-13-5-2-12(3-6-13)4-7-14(19)15-10-11-18-16-8-9-17-18/h2-3,5-6,8-9H,4,7,10-11H2,1H3,(H,15,19). The van der Waals surface area contributed by atoms with Crippen LogP contribution in [0.1, 0.15) is 12.0 Å². The molecular formula is C14H18N4O2. The topological polar surface area (TPSA) is 69.0 Å². The van der Waals surface area contributed by atoms with Crippen LogP contribution in [0.25, 0.3) is 0 Å². The number of aryl methyl sites for hydroxylation is 1. The lowest BCUT2D eigenvalue weighted by Crippen LogP contribution is -2.27. The third-order valence-corrected chi connectivity index (χ3v) is 2.90. The minimum absolute atomic E-state index is 0.0352. The van der Waals surface area contributed by atoms with Crippen LogP contribution >= 0.6 is 0 Å². The summed E-state index contributed by atoms with van der Waals surface area (Å²) in [5, 5.41) is 10.8. The van der Waals surface area contributed by atoms with Crippen molar-refractivity contribution in [1.82, 2.24) is 20.3 Å². The van der Waals surface area contributed by atoms with E-state index in [1.165, 1.54) is 0 Å². The van der Waals surface area contributed by atoms with Gasteiger partial charge in [-0.05, 0) is 24.1 Å². The van der Waals surface area contributed by atoms with Crippen LogP contribution in [-0.4, -0.2) is 34.6 Å². The Bertz CT molecular complexity index is 523. The van der Waals surface area contributed by atoms with E-state index >= 15 is 0 Å². The summed E-state index contributed by atoms with van der Waals surface area (Å²) in [6, 6.07) is 7.74. The Kier molecular flexibility index (Phi) is 5.11. The van der Waals surface area contributed by atoms with Gasteiger partial charge in [-0.15, -0.1) is 0 Å². The van der Waals surface area contributed by atoms with E-state index in [4.69, 9.17) is 4.74 Å². The van der Waals surface area contributed by atoms with Crippen molar-refractivity contribution in [2.24, 2.45) is 0 Å². The number of benzene rings is 1. The maximum absolute atomic E-state index is 11.7. The number of aromatic nitrogens is 3. The van der Waals surface area contributed by atoms with E-state index in [0.717, 1.165) is 17.7 Å². The molecule has 2 rings (SSSR count). The van der Waals surface area contributed by atoms with Crippen LogP contribution in [0, 0.1) is 0 Å². The van der Waals surface area contributed by atoms with Crippen molar-refractivity contribution in [1.29, 1.82) is 0 Å². The maximum Gasteiger partial charge on any atom is 0.220 e. The highest BCUT2D eigenvalue weighted by atomic mass is 16.5. The first-order valence-corrected chi connectivity index (χ1v) is 6.51. The quantitative estimate of drug-likeness (QED) is 0.819. The number of amides is 1. The largest absolute Gasteiger partial charge is 0.497 e. The number of carbonyl (C=O) groups excluding carboxylic acids is 1. The van der Waals surface area contributed by atoms with Gasteiger partial charge in [0.1, 0.15) is 5.75 Å². The molecule has 0 aliphatic heterocycles. The lowest BCUT2D eigenvalue weighted by Gasteiger charge is -2.05. The predicted molar refractivity (Wildman–Crippen MR) is 74.3 cm³/mol. The molecule has 1 N–H and O–H groups in total. The second kappa shape index (κ2) is 7.28. The molecule has 0 aliphatic carbocycles. The lowest BCUT2D eigenvalue weighted by molar-refractivity contribution is -0.121. The number of nitrogens with zero attached hydrogens (tertiary/aromatic N) is 3. The molecule has 6 heteroatoms. The molecule has 2 aromatic rings. The molecule has 1 aromatic carbocycles. The predicted octanol–water partition coefficient (Wildman–Crippen LogP) is 1.04. The summed E-state index contributed by atoms with van der Waals surface area (Å²) in [4.78, 5) is 13.2. The number of hydrogen-bond donors (Lipinski definition) is 1. The van der Waals surface area contributed by atoms with Crippen LogP contribution in [0.15, 0.2) is 36.7 Å². The van der Waals surface area contributed by atoms with Crippen molar-refractivity contribution in [3.8, 4) is 5.75 Å². The molecule has 0 unspecified atom stereocenters.